The zero-order valence-corrected chi connectivity index (χ0v) is 9.39. The van der Waals surface area contributed by atoms with Gasteiger partial charge in [-0.3, -0.25) is 4.90 Å². The Labute approximate surface area is 92.4 Å². The van der Waals surface area contributed by atoms with Crippen molar-refractivity contribution in [2.75, 3.05) is 13.6 Å². The first-order valence-electron chi connectivity index (χ1n) is 5.80. The second-order valence-electron chi connectivity index (χ2n) is 4.31. The summed E-state index contributed by atoms with van der Waals surface area (Å²) < 4.78 is 0. The van der Waals surface area contributed by atoms with Crippen molar-refractivity contribution in [2.45, 2.75) is 25.3 Å². The summed E-state index contributed by atoms with van der Waals surface area (Å²) in [6.45, 7) is 1.24. The SMILES string of the molecule is CN1CCCC[C@H]1/C=C/c1ccccc1. The second-order valence-corrected chi connectivity index (χ2v) is 4.31. The van der Waals surface area contributed by atoms with Crippen LogP contribution < -0.4 is 0 Å². The van der Waals surface area contributed by atoms with Crippen molar-refractivity contribution in [3.05, 3.63) is 42.0 Å². The summed E-state index contributed by atoms with van der Waals surface area (Å²) >= 11 is 0. The van der Waals surface area contributed by atoms with Crippen LogP contribution in [-0.4, -0.2) is 24.5 Å². The van der Waals surface area contributed by atoms with Crippen molar-refractivity contribution in [3.63, 3.8) is 0 Å². The predicted octanol–water partition coefficient (Wildman–Crippen LogP) is 3.18. The maximum absolute atomic E-state index is 2.45. The average molecular weight is 201 g/mol. The van der Waals surface area contributed by atoms with Crippen molar-refractivity contribution in [2.24, 2.45) is 0 Å². The average Bonchev–Trinajstić information content (AvgIpc) is 2.29. The van der Waals surface area contributed by atoms with E-state index in [0.717, 1.165) is 0 Å². The van der Waals surface area contributed by atoms with E-state index in [9.17, 15) is 0 Å². The molecule has 1 heteroatoms. The van der Waals surface area contributed by atoms with Gasteiger partial charge in [-0.25, -0.2) is 0 Å². The molecule has 1 heterocycles. The molecule has 0 aromatic heterocycles. The molecule has 0 unspecified atom stereocenters. The lowest BCUT2D eigenvalue weighted by molar-refractivity contribution is 0.222. The second kappa shape index (κ2) is 5.13. The van der Waals surface area contributed by atoms with Gasteiger partial charge in [-0.1, -0.05) is 48.9 Å². The van der Waals surface area contributed by atoms with Crippen LogP contribution in [0, 0.1) is 0 Å². The molecule has 1 aromatic carbocycles. The molecular formula is C14H19N. The predicted molar refractivity (Wildman–Crippen MR) is 65.7 cm³/mol. The number of likely N-dealkylation sites (N-methyl/N-ethyl adjacent to an activating group) is 1. The van der Waals surface area contributed by atoms with Crippen molar-refractivity contribution in [1.82, 2.24) is 4.90 Å². The summed E-state index contributed by atoms with van der Waals surface area (Å²) in [4.78, 5) is 2.45. The third-order valence-electron chi connectivity index (χ3n) is 3.14. The van der Waals surface area contributed by atoms with E-state index >= 15 is 0 Å². The molecule has 0 radical (unpaired) electrons. The third kappa shape index (κ3) is 2.93. The van der Waals surface area contributed by atoms with Gasteiger partial charge in [-0.2, -0.15) is 0 Å². The summed E-state index contributed by atoms with van der Waals surface area (Å²) in [6, 6.07) is 11.2. The Morgan fingerprint density at radius 2 is 2.00 bits per heavy atom. The van der Waals surface area contributed by atoms with Crippen LogP contribution in [0.1, 0.15) is 24.8 Å². The number of benzene rings is 1. The molecule has 0 spiro atoms. The van der Waals surface area contributed by atoms with E-state index in [1.54, 1.807) is 0 Å². The highest BCUT2D eigenvalue weighted by Gasteiger charge is 2.15. The van der Waals surface area contributed by atoms with Gasteiger partial charge in [-0.05, 0) is 32.0 Å². The van der Waals surface area contributed by atoms with Crippen molar-refractivity contribution in [1.29, 1.82) is 0 Å². The van der Waals surface area contributed by atoms with Gasteiger partial charge in [0.2, 0.25) is 0 Å². The normalized spacial score (nSPS) is 23.4. The number of likely N-dealkylation sites (tertiary alicyclic amines) is 1. The molecule has 80 valence electrons. The Hall–Kier alpha value is -1.08. The van der Waals surface area contributed by atoms with Gasteiger partial charge < -0.3 is 0 Å². The van der Waals surface area contributed by atoms with E-state index in [0.29, 0.717) is 6.04 Å². The number of nitrogens with zero attached hydrogens (tertiary/aromatic N) is 1. The van der Waals surface area contributed by atoms with Gasteiger partial charge in [0.05, 0.1) is 0 Å². The maximum Gasteiger partial charge on any atom is 0.0278 e. The third-order valence-corrected chi connectivity index (χ3v) is 3.14. The van der Waals surface area contributed by atoms with Crippen molar-refractivity contribution < 1.29 is 0 Å². The lowest BCUT2D eigenvalue weighted by Gasteiger charge is -2.30. The molecule has 1 nitrogen and oxygen atoms in total. The number of rotatable bonds is 2. The number of piperidine rings is 1. The number of hydrogen-bond acceptors (Lipinski definition) is 1. The molecule has 1 aliphatic heterocycles. The van der Waals surface area contributed by atoms with E-state index in [2.05, 4.69) is 54.4 Å². The van der Waals surface area contributed by atoms with Gasteiger partial charge in [0.15, 0.2) is 0 Å². The van der Waals surface area contributed by atoms with Gasteiger partial charge >= 0.3 is 0 Å². The first-order chi connectivity index (χ1) is 7.36. The zero-order chi connectivity index (χ0) is 10.5. The summed E-state index contributed by atoms with van der Waals surface area (Å²) in [6.07, 6.45) is 8.61. The topological polar surface area (TPSA) is 3.24 Å². The van der Waals surface area contributed by atoms with Crippen LogP contribution in [0.15, 0.2) is 36.4 Å². The summed E-state index contributed by atoms with van der Waals surface area (Å²) in [5.41, 5.74) is 1.30. The van der Waals surface area contributed by atoms with Gasteiger partial charge in [0.1, 0.15) is 0 Å². The van der Waals surface area contributed by atoms with E-state index in [1.807, 2.05) is 0 Å². The van der Waals surface area contributed by atoms with Crippen LogP contribution in [0.2, 0.25) is 0 Å². The molecule has 1 aromatic rings. The lowest BCUT2D eigenvalue weighted by atomic mass is 10.0. The minimum absolute atomic E-state index is 0.638. The Morgan fingerprint density at radius 1 is 1.20 bits per heavy atom. The lowest BCUT2D eigenvalue weighted by Crippen LogP contribution is -2.34. The highest BCUT2D eigenvalue weighted by atomic mass is 15.1. The summed E-state index contributed by atoms with van der Waals surface area (Å²) in [5, 5.41) is 0. The smallest absolute Gasteiger partial charge is 0.0278 e. The Balaban J connectivity index is 1.98. The van der Waals surface area contributed by atoms with Crippen LogP contribution in [0.3, 0.4) is 0 Å². The molecule has 0 saturated carbocycles. The molecular weight excluding hydrogens is 182 g/mol. The highest BCUT2D eigenvalue weighted by molar-refractivity contribution is 5.49. The molecule has 2 rings (SSSR count). The van der Waals surface area contributed by atoms with Gasteiger partial charge in [0, 0.05) is 6.04 Å². The molecule has 1 saturated heterocycles. The monoisotopic (exact) mass is 201 g/mol. The van der Waals surface area contributed by atoms with Crippen LogP contribution in [0.5, 0.6) is 0 Å². The van der Waals surface area contributed by atoms with Crippen LogP contribution in [0.4, 0.5) is 0 Å². The van der Waals surface area contributed by atoms with Crippen molar-refractivity contribution in [3.8, 4) is 0 Å². The largest absolute Gasteiger partial charge is 0.300 e. The van der Waals surface area contributed by atoms with Crippen LogP contribution >= 0.6 is 0 Å². The summed E-state index contributed by atoms with van der Waals surface area (Å²) in [5.74, 6) is 0. The van der Waals surface area contributed by atoms with Gasteiger partial charge in [-0.15, -0.1) is 0 Å². The molecule has 0 amide bonds. The summed E-state index contributed by atoms with van der Waals surface area (Å²) in [7, 11) is 2.22. The molecule has 0 aliphatic carbocycles. The quantitative estimate of drug-likeness (QED) is 0.710. The fourth-order valence-electron chi connectivity index (χ4n) is 2.13. The Kier molecular flexibility index (Phi) is 3.57. The van der Waals surface area contributed by atoms with E-state index < -0.39 is 0 Å². The van der Waals surface area contributed by atoms with E-state index in [1.165, 1.54) is 31.4 Å². The Morgan fingerprint density at radius 3 is 2.73 bits per heavy atom. The highest BCUT2D eigenvalue weighted by Crippen LogP contribution is 2.16. The fourth-order valence-corrected chi connectivity index (χ4v) is 2.13. The standard InChI is InChI=1S/C14H19N/c1-15-12-6-5-9-14(15)11-10-13-7-3-2-4-8-13/h2-4,7-8,10-11,14H,5-6,9,12H2,1H3/b11-10+/t14-/m0/s1. The zero-order valence-electron chi connectivity index (χ0n) is 9.39. The number of hydrogen-bond donors (Lipinski definition) is 0. The van der Waals surface area contributed by atoms with Crippen molar-refractivity contribution >= 4 is 6.08 Å². The first-order valence-corrected chi connectivity index (χ1v) is 5.80. The maximum atomic E-state index is 2.45. The molecule has 1 aliphatic rings. The van der Waals surface area contributed by atoms with Gasteiger partial charge in [0.25, 0.3) is 0 Å². The molecule has 1 atom stereocenters. The minimum atomic E-state index is 0.638. The van der Waals surface area contributed by atoms with Crippen LogP contribution in [0.25, 0.3) is 6.08 Å². The van der Waals surface area contributed by atoms with Crippen LogP contribution in [-0.2, 0) is 0 Å². The minimum Gasteiger partial charge on any atom is -0.300 e. The molecule has 15 heavy (non-hydrogen) atoms. The molecule has 1 fully saturated rings. The van der Waals surface area contributed by atoms with E-state index in [4.69, 9.17) is 0 Å². The Bertz CT molecular complexity index is 315. The molecule has 0 bridgehead atoms. The molecule has 0 N–H and O–H groups in total. The van der Waals surface area contributed by atoms with E-state index in [-0.39, 0.29) is 0 Å². The fraction of sp³-hybridized carbons (Fsp3) is 0.429. The first kappa shape index (κ1) is 10.4.